The van der Waals surface area contributed by atoms with Gasteiger partial charge in [0.2, 0.25) is 5.91 Å². The first-order chi connectivity index (χ1) is 16.0. The van der Waals surface area contributed by atoms with Crippen molar-refractivity contribution in [1.82, 2.24) is 9.80 Å². The summed E-state index contributed by atoms with van der Waals surface area (Å²) >= 11 is 1.55. The summed E-state index contributed by atoms with van der Waals surface area (Å²) in [5, 5.41) is 4.74. The van der Waals surface area contributed by atoms with Crippen molar-refractivity contribution < 1.29 is 18.7 Å². The van der Waals surface area contributed by atoms with Crippen LogP contribution in [0.2, 0.25) is 0 Å². The molecule has 0 atom stereocenters. The van der Waals surface area contributed by atoms with Crippen LogP contribution < -0.4 is 10.1 Å². The summed E-state index contributed by atoms with van der Waals surface area (Å²) in [6.07, 6.45) is 1.57. The Bertz CT molecular complexity index is 1070. The molecule has 0 aliphatic rings. The quantitative estimate of drug-likeness (QED) is 0.420. The largest absolute Gasteiger partial charge is 0.497 e. The Hall–Kier alpha value is -3.65. The van der Waals surface area contributed by atoms with Gasteiger partial charge in [0.1, 0.15) is 18.1 Å². The van der Waals surface area contributed by atoms with Crippen LogP contribution in [0.15, 0.2) is 78.7 Å². The summed E-state index contributed by atoms with van der Waals surface area (Å²) in [6, 6.07) is 16.5. The van der Waals surface area contributed by atoms with Gasteiger partial charge in [-0.15, -0.1) is 17.9 Å². The van der Waals surface area contributed by atoms with E-state index in [2.05, 4.69) is 11.9 Å². The maximum absolute atomic E-state index is 13.3. The molecule has 0 aliphatic carbocycles. The van der Waals surface area contributed by atoms with Crippen molar-refractivity contribution in [3.63, 3.8) is 0 Å². The first kappa shape index (κ1) is 24.0. The number of hydrogen-bond acceptors (Lipinski definition) is 4. The van der Waals surface area contributed by atoms with E-state index in [1.54, 1.807) is 65.8 Å². The molecular weight excluding hydrogens is 441 g/mol. The fourth-order valence-electron chi connectivity index (χ4n) is 3.17. The van der Waals surface area contributed by atoms with Gasteiger partial charge in [-0.2, -0.15) is 0 Å². The summed E-state index contributed by atoms with van der Waals surface area (Å²) in [5.74, 6) is 0.0530. The number of nitrogens with zero attached hydrogens (tertiary/aromatic N) is 2. The highest BCUT2D eigenvalue weighted by molar-refractivity contribution is 7.09. The van der Waals surface area contributed by atoms with Crippen molar-refractivity contribution in [1.29, 1.82) is 0 Å². The van der Waals surface area contributed by atoms with Crippen molar-refractivity contribution in [3.8, 4) is 5.75 Å². The van der Waals surface area contributed by atoms with E-state index in [0.717, 1.165) is 10.4 Å². The van der Waals surface area contributed by atoms with Crippen molar-refractivity contribution in [2.45, 2.75) is 13.1 Å². The number of hydrogen-bond donors (Lipinski definition) is 1. The van der Waals surface area contributed by atoms with Crippen molar-refractivity contribution >= 4 is 29.0 Å². The molecule has 3 rings (SSSR count). The molecular formula is C25H26FN3O3S. The number of halogens is 1. The summed E-state index contributed by atoms with van der Waals surface area (Å²) in [5.41, 5.74) is 1.36. The second kappa shape index (κ2) is 11.8. The lowest BCUT2D eigenvalue weighted by molar-refractivity contribution is -0.132. The third-order valence-electron chi connectivity index (χ3n) is 4.85. The monoisotopic (exact) mass is 467 g/mol. The number of ether oxygens (including phenoxy) is 1. The SMILES string of the molecule is C=CCN(CC(=O)N(Cc1ccc(F)cc1)Cc1cccs1)C(=O)Nc1cccc(OC)c1. The number of carbonyl (C=O) groups excluding carboxylic acids is 2. The summed E-state index contributed by atoms with van der Waals surface area (Å²) < 4.78 is 18.5. The predicted octanol–water partition coefficient (Wildman–Crippen LogP) is 5.14. The Labute approximate surface area is 196 Å². The Kier molecular flexibility index (Phi) is 8.60. The molecule has 1 aromatic heterocycles. The number of benzene rings is 2. The van der Waals surface area contributed by atoms with E-state index in [9.17, 15) is 14.0 Å². The molecule has 0 aliphatic heterocycles. The van der Waals surface area contributed by atoms with E-state index >= 15 is 0 Å². The smallest absolute Gasteiger partial charge is 0.322 e. The number of methoxy groups -OCH3 is 1. The number of anilines is 1. The van der Waals surface area contributed by atoms with Crippen molar-refractivity contribution in [3.05, 3.63) is 95.0 Å². The highest BCUT2D eigenvalue weighted by Crippen LogP contribution is 2.18. The van der Waals surface area contributed by atoms with Crippen LogP contribution in [0.25, 0.3) is 0 Å². The molecule has 0 spiro atoms. The van der Waals surface area contributed by atoms with Crippen LogP contribution in [0.4, 0.5) is 14.9 Å². The minimum absolute atomic E-state index is 0.131. The molecule has 172 valence electrons. The van der Waals surface area contributed by atoms with Crippen LogP contribution in [-0.2, 0) is 17.9 Å². The Balaban J connectivity index is 1.73. The molecule has 0 unspecified atom stereocenters. The van der Waals surface area contributed by atoms with E-state index < -0.39 is 6.03 Å². The average Bonchev–Trinajstić information content (AvgIpc) is 3.33. The maximum atomic E-state index is 13.3. The molecule has 0 saturated heterocycles. The number of nitrogens with one attached hydrogen (secondary N) is 1. The number of carbonyl (C=O) groups is 2. The van der Waals surface area contributed by atoms with Crippen molar-refractivity contribution in [2.75, 3.05) is 25.5 Å². The van der Waals surface area contributed by atoms with Crippen LogP contribution >= 0.6 is 11.3 Å². The second-order valence-corrected chi connectivity index (χ2v) is 8.32. The highest BCUT2D eigenvalue weighted by atomic mass is 32.1. The first-order valence-corrected chi connectivity index (χ1v) is 11.2. The normalized spacial score (nSPS) is 10.4. The van der Waals surface area contributed by atoms with Crippen LogP contribution in [0.5, 0.6) is 5.75 Å². The Morgan fingerprint density at radius 3 is 2.55 bits per heavy atom. The molecule has 6 nitrogen and oxygen atoms in total. The summed E-state index contributed by atoms with van der Waals surface area (Å²) in [4.78, 5) is 30.2. The van der Waals surface area contributed by atoms with Gasteiger partial charge in [0, 0.05) is 29.7 Å². The minimum atomic E-state index is -0.422. The van der Waals surface area contributed by atoms with Gasteiger partial charge in [0.15, 0.2) is 0 Å². The average molecular weight is 468 g/mol. The zero-order valence-electron chi connectivity index (χ0n) is 18.4. The van der Waals surface area contributed by atoms with Gasteiger partial charge in [-0.25, -0.2) is 9.18 Å². The molecule has 2 aromatic carbocycles. The third-order valence-corrected chi connectivity index (χ3v) is 5.71. The fraction of sp³-hybridized carbons (Fsp3) is 0.200. The van der Waals surface area contributed by atoms with Gasteiger partial charge in [-0.1, -0.05) is 30.3 Å². The molecule has 0 fully saturated rings. The molecule has 1 heterocycles. The summed E-state index contributed by atoms with van der Waals surface area (Å²) in [6.45, 7) is 4.47. The van der Waals surface area contributed by atoms with Gasteiger partial charge in [0.05, 0.1) is 13.7 Å². The maximum Gasteiger partial charge on any atom is 0.322 e. The zero-order valence-corrected chi connectivity index (χ0v) is 19.2. The Morgan fingerprint density at radius 1 is 1.09 bits per heavy atom. The number of rotatable bonds is 10. The fourth-order valence-corrected chi connectivity index (χ4v) is 3.89. The lowest BCUT2D eigenvalue weighted by Crippen LogP contribution is -2.44. The molecule has 0 radical (unpaired) electrons. The molecule has 0 saturated carbocycles. The van der Waals surface area contributed by atoms with Gasteiger partial charge in [0.25, 0.3) is 0 Å². The molecule has 33 heavy (non-hydrogen) atoms. The number of thiophene rings is 1. The van der Waals surface area contributed by atoms with E-state index in [0.29, 0.717) is 24.5 Å². The van der Waals surface area contributed by atoms with Gasteiger partial charge >= 0.3 is 6.03 Å². The topological polar surface area (TPSA) is 61.9 Å². The van der Waals surface area contributed by atoms with E-state index in [1.165, 1.54) is 17.0 Å². The Morgan fingerprint density at radius 2 is 1.88 bits per heavy atom. The predicted molar refractivity (Wildman–Crippen MR) is 129 cm³/mol. The minimum Gasteiger partial charge on any atom is -0.497 e. The standard InChI is InChI=1S/C25H26FN3O3S/c1-3-13-28(25(31)27-21-6-4-7-22(15-21)32-2)18-24(30)29(17-23-8-5-14-33-23)16-19-9-11-20(26)12-10-19/h3-12,14-15H,1,13,16-18H2,2H3,(H,27,31). The van der Waals surface area contributed by atoms with Gasteiger partial charge in [-0.05, 0) is 41.3 Å². The zero-order chi connectivity index (χ0) is 23.6. The van der Waals surface area contributed by atoms with Crippen LogP contribution in [0, 0.1) is 5.82 Å². The number of urea groups is 1. The molecule has 3 aromatic rings. The van der Waals surface area contributed by atoms with E-state index in [1.807, 2.05) is 17.5 Å². The molecule has 8 heteroatoms. The lowest BCUT2D eigenvalue weighted by Gasteiger charge is -2.27. The summed E-state index contributed by atoms with van der Waals surface area (Å²) in [7, 11) is 1.55. The second-order valence-electron chi connectivity index (χ2n) is 7.29. The molecule has 0 bridgehead atoms. The molecule has 1 N–H and O–H groups in total. The molecule has 3 amide bonds. The van der Waals surface area contributed by atoms with Crippen LogP contribution in [-0.4, -0.2) is 41.9 Å². The van der Waals surface area contributed by atoms with Crippen LogP contribution in [0.3, 0.4) is 0 Å². The van der Waals surface area contributed by atoms with E-state index in [-0.39, 0.29) is 24.8 Å². The lowest BCUT2D eigenvalue weighted by atomic mass is 10.2. The van der Waals surface area contributed by atoms with E-state index in [4.69, 9.17) is 4.74 Å². The first-order valence-electron chi connectivity index (χ1n) is 10.3. The van der Waals surface area contributed by atoms with Crippen LogP contribution in [0.1, 0.15) is 10.4 Å². The third kappa shape index (κ3) is 7.18. The highest BCUT2D eigenvalue weighted by Gasteiger charge is 2.22. The number of amides is 3. The van der Waals surface area contributed by atoms with Gasteiger partial charge in [-0.3, -0.25) is 4.79 Å². The van der Waals surface area contributed by atoms with Gasteiger partial charge < -0.3 is 19.9 Å². The van der Waals surface area contributed by atoms with Crippen molar-refractivity contribution in [2.24, 2.45) is 0 Å².